The molecule has 0 spiro atoms. The smallest absolute Gasteiger partial charge is 0.305 e. The highest BCUT2D eigenvalue weighted by molar-refractivity contribution is 5.94. The summed E-state index contributed by atoms with van der Waals surface area (Å²) in [6, 6.07) is 3.77. The van der Waals surface area contributed by atoms with E-state index in [-0.39, 0.29) is 62.9 Å². The molecule has 3 heterocycles. The van der Waals surface area contributed by atoms with Crippen LogP contribution in [0, 0.1) is 0 Å². The maximum Gasteiger partial charge on any atom is 0.305 e. The van der Waals surface area contributed by atoms with Gasteiger partial charge in [-0.2, -0.15) is 0 Å². The maximum absolute atomic E-state index is 14.1. The van der Waals surface area contributed by atoms with Gasteiger partial charge in [0.2, 0.25) is 29.5 Å². The summed E-state index contributed by atoms with van der Waals surface area (Å²) in [7, 11) is 1.47. The van der Waals surface area contributed by atoms with Crippen molar-refractivity contribution in [3.8, 4) is 0 Å². The van der Waals surface area contributed by atoms with Crippen molar-refractivity contribution in [1.29, 1.82) is 0 Å². The number of halogens is 1. The fourth-order valence-electron chi connectivity index (χ4n) is 6.45. The monoisotopic (exact) mass is 842 g/mol. The van der Waals surface area contributed by atoms with Gasteiger partial charge in [0.05, 0.1) is 38.5 Å². The number of nitrogens with two attached hydrogens (primary N) is 2. The number of alkyl halides is 1. The van der Waals surface area contributed by atoms with Crippen molar-refractivity contribution >= 4 is 41.5 Å². The molecule has 2 aliphatic heterocycles. The van der Waals surface area contributed by atoms with E-state index in [1.54, 1.807) is 11.2 Å². The van der Waals surface area contributed by atoms with Crippen molar-refractivity contribution in [2.45, 2.75) is 88.0 Å². The molecule has 2 aliphatic rings. The van der Waals surface area contributed by atoms with Crippen LogP contribution in [0.4, 0.5) is 4.39 Å². The Morgan fingerprint density at radius 3 is 2.48 bits per heavy atom. The number of benzene rings is 1. The van der Waals surface area contributed by atoms with Crippen LogP contribution in [-0.4, -0.2) is 125 Å². The van der Waals surface area contributed by atoms with Crippen LogP contribution >= 0.6 is 0 Å². The third-order valence-corrected chi connectivity index (χ3v) is 9.52. The fraction of sp³-hybridized carbons (Fsp3) is 0.541. The van der Waals surface area contributed by atoms with Crippen LogP contribution in [0.25, 0.3) is 0 Å². The van der Waals surface area contributed by atoms with E-state index in [1.807, 2.05) is 30.3 Å². The van der Waals surface area contributed by atoms with Crippen LogP contribution in [0.1, 0.15) is 74.7 Å². The van der Waals surface area contributed by atoms with E-state index in [0.29, 0.717) is 25.7 Å². The topological polar surface area (TPSA) is 314 Å². The molecule has 4 rings (SSSR count). The Hall–Kier alpha value is -6.36. The normalized spacial score (nSPS) is 20.4. The number of aromatic nitrogens is 3. The second-order valence-corrected chi connectivity index (χ2v) is 14.2. The van der Waals surface area contributed by atoms with Gasteiger partial charge < -0.3 is 53.3 Å². The second-order valence-electron chi connectivity index (χ2n) is 14.2. The number of carbonyl (C=O) groups excluding carboxylic acids is 5. The summed E-state index contributed by atoms with van der Waals surface area (Å²) in [4.78, 5) is 83.1. The van der Waals surface area contributed by atoms with Gasteiger partial charge in [-0.05, 0) is 56.9 Å². The molecule has 2 unspecified atom stereocenters. The number of ether oxygens (including phenoxy) is 1. The second kappa shape index (κ2) is 23.9. The predicted octanol–water partition coefficient (Wildman–Crippen LogP) is -1.94. The number of carboxylic acid groups (broad SMARTS) is 1. The Bertz CT molecular complexity index is 1830. The number of aliphatic imine (C=N–C) groups is 1. The first kappa shape index (κ1) is 46.3. The number of nitrogens with zero attached hydrogens (tertiary/aromatic N) is 5. The number of aliphatic carboxylic acids is 1. The molecule has 60 heavy (non-hydrogen) atoms. The molecule has 5 amide bonds. The number of guanidine groups is 1. The van der Waals surface area contributed by atoms with Crippen molar-refractivity contribution in [2.75, 3.05) is 40.0 Å². The van der Waals surface area contributed by atoms with Gasteiger partial charge in [0, 0.05) is 32.1 Å². The van der Waals surface area contributed by atoms with Crippen molar-refractivity contribution in [3.63, 3.8) is 0 Å². The van der Waals surface area contributed by atoms with Crippen LogP contribution in [-0.2, 0) is 39.9 Å². The lowest BCUT2D eigenvalue weighted by Gasteiger charge is -2.25. The number of carboxylic acids is 1. The fourth-order valence-corrected chi connectivity index (χ4v) is 6.45. The van der Waals surface area contributed by atoms with Gasteiger partial charge in [0.15, 0.2) is 5.96 Å². The minimum absolute atomic E-state index is 0.0571. The van der Waals surface area contributed by atoms with Gasteiger partial charge in [-0.1, -0.05) is 35.5 Å². The van der Waals surface area contributed by atoms with Crippen molar-refractivity contribution < 1.29 is 43.0 Å². The zero-order valence-electron chi connectivity index (χ0n) is 33.4. The Kier molecular flexibility index (Phi) is 18.5. The number of nitrogens with one attached hydrogen (secondary N) is 7. The first-order valence-corrected chi connectivity index (χ1v) is 19.6. The summed E-state index contributed by atoms with van der Waals surface area (Å²) in [5.41, 5.74) is 18.5. The molecule has 0 saturated carbocycles. The van der Waals surface area contributed by atoms with Gasteiger partial charge in [-0.25, -0.2) is 4.68 Å². The highest BCUT2D eigenvalue weighted by Gasteiger charge is 2.32. The number of fused-ring (bicyclic) bond motifs is 2. The average Bonchev–Trinajstić information content (AvgIpc) is 3.90. The lowest BCUT2D eigenvalue weighted by Crippen LogP contribution is -2.53. The zero-order chi connectivity index (χ0) is 43.4. The molecule has 2 aromatic rings. The van der Waals surface area contributed by atoms with Crippen LogP contribution in [0.3, 0.4) is 0 Å². The minimum atomic E-state index is -1.51. The van der Waals surface area contributed by atoms with Crippen LogP contribution < -0.4 is 49.0 Å². The number of amides is 5. The van der Waals surface area contributed by atoms with E-state index in [0.717, 1.165) is 11.3 Å². The lowest BCUT2D eigenvalue weighted by molar-refractivity contribution is -0.141. The van der Waals surface area contributed by atoms with E-state index in [2.05, 4.69) is 52.8 Å². The Labute approximate surface area is 345 Å². The molecule has 22 nitrogen and oxygen atoms in total. The average molecular weight is 843 g/mol. The number of allylic oxidation sites excluding steroid dienone is 1. The number of methoxy groups -OCH3 is 1. The molecule has 0 fully saturated rings. The van der Waals surface area contributed by atoms with Crippen molar-refractivity contribution in [1.82, 2.24) is 57.5 Å². The predicted molar refractivity (Wildman–Crippen MR) is 213 cm³/mol. The molecule has 0 radical (unpaired) electrons. The van der Waals surface area contributed by atoms with Gasteiger partial charge in [0.1, 0.15) is 29.9 Å². The molecule has 5 atom stereocenters. The number of hydrogen-bond donors (Lipinski definition) is 10. The minimum Gasteiger partial charge on any atom is -0.481 e. The largest absolute Gasteiger partial charge is 0.481 e. The molecule has 0 saturated heterocycles. The molecule has 2 bridgehead atoms. The molecule has 0 aliphatic carbocycles. The van der Waals surface area contributed by atoms with Gasteiger partial charge in [0.25, 0.3) is 0 Å². The van der Waals surface area contributed by atoms with Crippen LogP contribution in [0.2, 0.25) is 0 Å². The molecule has 12 N–H and O–H groups in total. The lowest BCUT2D eigenvalue weighted by atomic mass is 10.0. The number of hydrazine groups is 2. The van der Waals surface area contributed by atoms with E-state index in [9.17, 15) is 38.3 Å². The summed E-state index contributed by atoms with van der Waals surface area (Å²) < 4.78 is 19.3. The first-order chi connectivity index (χ1) is 28.9. The van der Waals surface area contributed by atoms with E-state index >= 15 is 0 Å². The maximum atomic E-state index is 14.1. The molecular formula is C37H55FN14O8. The third-order valence-electron chi connectivity index (χ3n) is 9.52. The highest BCUT2D eigenvalue weighted by atomic mass is 19.1. The molecular weight excluding hydrogens is 787 g/mol. The summed E-state index contributed by atoms with van der Waals surface area (Å²) in [6.45, 7) is -0.663. The number of hydrogen-bond acceptors (Lipinski definition) is 13. The third kappa shape index (κ3) is 14.8. The van der Waals surface area contributed by atoms with Gasteiger partial charge in [-0.3, -0.25) is 43.2 Å². The summed E-state index contributed by atoms with van der Waals surface area (Å²) in [6.07, 6.45) is 4.74. The summed E-state index contributed by atoms with van der Waals surface area (Å²) in [5.74, 6) is -4.81. The first-order valence-electron chi connectivity index (χ1n) is 19.6. The molecule has 328 valence electrons. The van der Waals surface area contributed by atoms with Crippen LogP contribution in [0.15, 0.2) is 53.4 Å². The highest BCUT2D eigenvalue weighted by Crippen LogP contribution is 2.22. The number of carbonyl (C=O) groups is 6. The molecule has 1 aromatic heterocycles. The summed E-state index contributed by atoms with van der Waals surface area (Å²) >= 11 is 0. The molecule has 23 heteroatoms. The SMILES string of the molecule is COCC(C(=O)NCCCC[C@H]1C(=O)N[C@@H](CCCN=C(N)N)C(=O)NCC(=O)NC(CC(=O)O)C(=O)N[C@@H](Cc2ccccc2)c2cn1nn2)N1C=C(CCCF)NN1. The van der Waals surface area contributed by atoms with Gasteiger partial charge >= 0.3 is 5.97 Å². The van der Waals surface area contributed by atoms with E-state index in [4.69, 9.17) is 16.2 Å². The number of unbranched alkanes of at least 4 members (excludes halogenated alkanes) is 1. The van der Waals surface area contributed by atoms with E-state index in [1.165, 1.54) is 18.0 Å². The Morgan fingerprint density at radius 2 is 1.77 bits per heavy atom. The zero-order valence-corrected chi connectivity index (χ0v) is 33.4. The quantitative estimate of drug-likeness (QED) is 0.0394. The Morgan fingerprint density at radius 1 is 1.00 bits per heavy atom. The standard InChI is InChI=1S/C37H55FN14O8/c1-60-22-30(51-20-24(47-49-51)11-7-14-38)35(58)41-15-6-5-13-29-36(59)45-25(12-8-16-42-37(39)40)33(56)43-19-31(53)44-27(18-32(54)55)34(57)46-26(28-21-52(29)50-48-28)17-23-9-3-2-4-10-23/h2-4,9-10,20-21,25-27,29-30,47,49H,5-8,11-19,22H2,1H3,(H,41,58)(H,43,56)(H,44,53)(H,45,59)(H,46,57)(H,54,55)(H4,39,40,42)/t25-,26-,27?,29-,30?/m0/s1. The van der Waals surface area contributed by atoms with Gasteiger partial charge in [-0.15, -0.1) is 10.6 Å². The van der Waals surface area contributed by atoms with Crippen LogP contribution in [0.5, 0.6) is 0 Å². The number of rotatable bonds is 20. The van der Waals surface area contributed by atoms with Crippen molar-refractivity contribution in [2.24, 2.45) is 16.5 Å². The summed E-state index contributed by atoms with van der Waals surface area (Å²) in [5, 5.41) is 33.0. The van der Waals surface area contributed by atoms with Crippen molar-refractivity contribution in [3.05, 3.63) is 59.7 Å². The Balaban J connectivity index is 1.58. The molecule has 1 aromatic carbocycles. The van der Waals surface area contributed by atoms with E-state index < -0.39 is 79.4 Å².